The van der Waals surface area contributed by atoms with E-state index in [1.165, 1.54) is 0 Å². The summed E-state index contributed by atoms with van der Waals surface area (Å²) in [6.45, 7) is 3.53. The van der Waals surface area contributed by atoms with Crippen LogP contribution in [-0.4, -0.2) is 38.9 Å². The second-order valence-electron chi connectivity index (χ2n) is 2.87. The van der Waals surface area contributed by atoms with Crippen LogP contribution in [0.25, 0.3) is 0 Å². The van der Waals surface area contributed by atoms with Gasteiger partial charge in [-0.15, -0.1) is 11.6 Å². The summed E-state index contributed by atoms with van der Waals surface area (Å²) < 4.78 is 22.3. The van der Waals surface area contributed by atoms with Crippen molar-refractivity contribution in [1.29, 1.82) is 0 Å². The Kier molecular flexibility index (Phi) is 7.71. The average Bonchev–Trinajstić information content (AvgIpc) is 2.04. The van der Waals surface area contributed by atoms with E-state index in [0.29, 0.717) is 13.0 Å². The Morgan fingerprint density at radius 3 is 2.46 bits per heavy atom. The van der Waals surface area contributed by atoms with Gasteiger partial charge in [-0.25, -0.2) is 13.7 Å². The van der Waals surface area contributed by atoms with Crippen LogP contribution in [0.3, 0.4) is 0 Å². The van der Waals surface area contributed by atoms with Gasteiger partial charge in [0.05, 0.1) is 11.5 Å². The fourth-order valence-corrected chi connectivity index (χ4v) is 2.60. The van der Waals surface area contributed by atoms with Gasteiger partial charge in [0.2, 0.25) is 0 Å². The van der Waals surface area contributed by atoms with Gasteiger partial charge in [0, 0.05) is 19.0 Å². The molecular weight excluding hydrogens is 210 g/mol. The lowest BCUT2D eigenvalue weighted by atomic mass is 10.4. The standard InChI is InChI=1S/C8H17ClNO2S/c1-2-5-10-6-3-7-13(11,12)8-4-9/h2-8H2,1H3. The highest BCUT2D eigenvalue weighted by atomic mass is 35.5. The average molecular weight is 227 g/mol. The Hall–Kier alpha value is 0.200. The summed E-state index contributed by atoms with van der Waals surface area (Å²) in [6.07, 6.45) is 1.65. The lowest BCUT2D eigenvalue weighted by Crippen LogP contribution is -2.16. The van der Waals surface area contributed by atoms with Crippen LogP contribution in [0.4, 0.5) is 0 Å². The summed E-state index contributed by atoms with van der Waals surface area (Å²) in [5, 5.41) is 4.16. The second kappa shape index (κ2) is 7.59. The third-order valence-corrected chi connectivity index (χ3v) is 3.69. The molecule has 13 heavy (non-hydrogen) atoms. The first kappa shape index (κ1) is 13.2. The van der Waals surface area contributed by atoms with Crippen molar-refractivity contribution in [3.05, 3.63) is 0 Å². The molecule has 0 aromatic carbocycles. The lowest BCUT2D eigenvalue weighted by Gasteiger charge is -2.01. The minimum atomic E-state index is -2.91. The summed E-state index contributed by atoms with van der Waals surface area (Å²) in [6, 6.07) is 0. The molecule has 0 aliphatic carbocycles. The molecule has 79 valence electrons. The molecule has 0 unspecified atom stereocenters. The van der Waals surface area contributed by atoms with Crippen LogP contribution < -0.4 is 5.32 Å². The monoisotopic (exact) mass is 226 g/mol. The number of alkyl halides is 1. The van der Waals surface area contributed by atoms with Crippen molar-refractivity contribution in [1.82, 2.24) is 5.32 Å². The zero-order valence-electron chi connectivity index (χ0n) is 8.00. The molecular formula is C8H17ClNO2S. The highest BCUT2D eigenvalue weighted by molar-refractivity contribution is 7.91. The maximum Gasteiger partial charge on any atom is 0.151 e. The zero-order chi connectivity index (χ0) is 10.2. The van der Waals surface area contributed by atoms with E-state index >= 15 is 0 Å². The molecule has 0 amide bonds. The summed E-state index contributed by atoms with van der Waals surface area (Å²) in [5.41, 5.74) is 0. The van der Waals surface area contributed by atoms with Gasteiger partial charge in [-0.2, -0.15) is 0 Å². The zero-order valence-corrected chi connectivity index (χ0v) is 9.57. The molecule has 0 heterocycles. The molecule has 0 bridgehead atoms. The van der Waals surface area contributed by atoms with Gasteiger partial charge < -0.3 is 0 Å². The molecule has 3 nitrogen and oxygen atoms in total. The third kappa shape index (κ3) is 8.53. The molecule has 0 saturated carbocycles. The fourth-order valence-electron chi connectivity index (χ4n) is 0.886. The van der Waals surface area contributed by atoms with Crippen molar-refractivity contribution in [2.24, 2.45) is 0 Å². The molecule has 0 atom stereocenters. The van der Waals surface area contributed by atoms with Crippen molar-refractivity contribution < 1.29 is 8.42 Å². The number of nitrogens with zero attached hydrogens (tertiary/aromatic N) is 1. The summed E-state index contributed by atoms with van der Waals surface area (Å²) in [7, 11) is -2.91. The number of sulfone groups is 1. The Balaban J connectivity index is 3.41. The Bertz CT molecular complexity index is 204. The fraction of sp³-hybridized carbons (Fsp3) is 1.00. The van der Waals surface area contributed by atoms with E-state index in [0.717, 1.165) is 13.0 Å². The molecule has 0 N–H and O–H groups in total. The predicted molar refractivity (Wildman–Crippen MR) is 56.1 cm³/mol. The Morgan fingerprint density at radius 1 is 1.23 bits per heavy atom. The Labute approximate surface area is 85.8 Å². The van der Waals surface area contributed by atoms with E-state index in [-0.39, 0.29) is 17.4 Å². The lowest BCUT2D eigenvalue weighted by molar-refractivity contribution is 0.588. The molecule has 0 fully saturated rings. The number of hydrogen-bond donors (Lipinski definition) is 0. The van der Waals surface area contributed by atoms with Crippen molar-refractivity contribution in [3.63, 3.8) is 0 Å². The van der Waals surface area contributed by atoms with Crippen molar-refractivity contribution >= 4 is 21.4 Å². The van der Waals surface area contributed by atoms with Crippen molar-refractivity contribution in [3.8, 4) is 0 Å². The van der Waals surface area contributed by atoms with E-state index in [9.17, 15) is 8.42 Å². The Morgan fingerprint density at radius 2 is 1.92 bits per heavy atom. The van der Waals surface area contributed by atoms with Crippen LogP contribution in [0.2, 0.25) is 0 Å². The minimum absolute atomic E-state index is 0.0856. The number of hydrogen-bond acceptors (Lipinski definition) is 2. The van der Waals surface area contributed by atoms with Crippen LogP contribution in [-0.2, 0) is 9.84 Å². The van der Waals surface area contributed by atoms with Gasteiger partial charge in [0.25, 0.3) is 0 Å². The molecule has 0 aliphatic heterocycles. The number of halogens is 1. The topological polar surface area (TPSA) is 48.2 Å². The summed E-state index contributed by atoms with van der Waals surface area (Å²) in [5.74, 6) is 0.490. The highest BCUT2D eigenvalue weighted by Gasteiger charge is 2.08. The molecule has 0 saturated heterocycles. The SMILES string of the molecule is CCC[N]CCCS(=O)(=O)CCCl. The van der Waals surface area contributed by atoms with E-state index in [1.807, 2.05) is 6.92 Å². The molecule has 0 spiro atoms. The van der Waals surface area contributed by atoms with Crippen LogP contribution in [0.1, 0.15) is 19.8 Å². The molecule has 0 aromatic rings. The van der Waals surface area contributed by atoms with E-state index < -0.39 is 9.84 Å². The maximum absolute atomic E-state index is 11.1. The first-order chi connectivity index (χ1) is 6.12. The maximum atomic E-state index is 11.1. The third-order valence-electron chi connectivity index (χ3n) is 1.54. The van der Waals surface area contributed by atoms with Gasteiger partial charge in [0.1, 0.15) is 0 Å². The second-order valence-corrected chi connectivity index (χ2v) is 5.55. The molecule has 0 rings (SSSR count). The molecule has 0 aromatic heterocycles. The van der Waals surface area contributed by atoms with Gasteiger partial charge >= 0.3 is 0 Å². The van der Waals surface area contributed by atoms with Gasteiger partial charge in [-0.3, -0.25) is 0 Å². The van der Waals surface area contributed by atoms with Gasteiger partial charge in [-0.1, -0.05) is 6.92 Å². The van der Waals surface area contributed by atoms with Crippen LogP contribution in [0.15, 0.2) is 0 Å². The summed E-state index contributed by atoms with van der Waals surface area (Å²) in [4.78, 5) is 0. The van der Waals surface area contributed by atoms with E-state index in [2.05, 4.69) is 5.32 Å². The van der Waals surface area contributed by atoms with Gasteiger partial charge in [-0.05, 0) is 12.8 Å². The highest BCUT2D eigenvalue weighted by Crippen LogP contribution is 1.95. The van der Waals surface area contributed by atoms with E-state index in [1.54, 1.807) is 0 Å². The normalized spacial score (nSPS) is 11.8. The molecule has 0 aliphatic rings. The van der Waals surface area contributed by atoms with Crippen LogP contribution >= 0.6 is 11.6 Å². The summed E-state index contributed by atoms with van der Waals surface area (Å²) >= 11 is 5.35. The largest absolute Gasteiger partial charge is 0.242 e. The van der Waals surface area contributed by atoms with Crippen LogP contribution in [0.5, 0.6) is 0 Å². The first-order valence-electron chi connectivity index (χ1n) is 4.52. The van der Waals surface area contributed by atoms with Crippen molar-refractivity contribution in [2.75, 3.05) is 30.5 Å². The first-order valence-corrected chi connectivity index (χ1v) is 6.87. The minimum Gasteiger partial charge on any atom is -0.242 e. The van der Waals surface area contributed by atoms with E-state index in [4.69, 9.17) is 11.6 Å². The van der Waals surface area contributed by atoms with Gasteiger partial charge in [0.15, 0.2) is 9.84 Å². The molecule has 1 radical (unpaired) electrons. The number of rotatable bonds is 8. The quantitative estimate of drug-likeness (QED) is 0.459. The van der Waals surface area contributed by atoms with Crippen LogP contribution in [0, 0.1) is 0 Å². The smallest absolute Gasteiger partial charge is 0.151 e. The molecule has 5 heteroatoms. The van der Waals surface area contributed by atoms with Crippen molar-refractivity contribution in [2.45, 2.75) is 19.8 Å². The predicted octanol–water partition coefficient (Wildman–Crippen LogP) is 1.04.